The summed E-state index contributed by atoms with van der Waals surface area (Å²) in [7, 11) is 5.26. The standard InChI is InChI=1S/C20H23FN2O2/c1-22-12-16-7-5-4-6-14(16)10-17(22)13-23(2)20(24)15-8-9-18(21)19(11-15)25-3/h4-9,11,17H,10,12-13H2,1-3H3/t17-/m1/s1. The van der Waals surface area contributed by atoms with Gasteiger partial charge in [-0.15, -0.1) is 0 Å². The van der Waals surface area contributed by atoms with Crippen molar-refractivity contribution in [3.8, 4) is 5.75 Å². The highest BCUT2D eigenvalue weighted by Gasteiger charge is 2.26. The van der Waals surface area contributed by atoms with Crippen molar-refractivity contribution in [2.45, 2.75) is 19.0 Å². The van der Waals surface area contributed by atoms with Crippen molar-refractivity contribution >= 4 is 5.91 Å². The molecule has 0 saturated carbocycles. The van der Waals surface area contributed by atoms with Gasteiger partial charge in [0.25, 0.3) is 5.91 Å². The number of carbonyl (C=O) groups excluding carboxylic acids is 1. The third-order valence-electron chi connectivity index (χ3n) is 4.85. The molecule has 1 aliphatic rings. The summed E-state index contributed by atoms with van der Waals surface area (Å²) in [6.45, 7) is 1.50. The van der Waals surface area contributed by atoms with Crippen LogP contribution < -0.4 is 4.74 Å². The average molecular weight is 342 g/mol. The zero-order valence-corrected chi connectivity index (χ0v) is 14.8. The summed E-state index contributed by atoms with van der Waals surface area (Å²) in [5.41, 5.74) is 3.12. The SMILES string of the molecule is COc1cc(C(=O)N(C)C[C@H]2Cc3ccccc3CN2C)ccc1F. The predicted octanol–water partition coefficient (Wildman–Crippen LogP) is 2.96. The van der Waals surface area contributed by atoms with E-state index < -0.39 is 5.82 Å². The van der Waals surface area contributed by atoms with E-state index in [-0.39, 0.29) is 17.7 Å². The van der Waals surface area contributed by atoms with Crippen LogP contribution in [0.15, 0.2) is 42.5 Å². The Bertz CT molecular complexity index is 778. The van der Waals surface area contributed by atoms with Crippen LogP contribution in [0.2, 0.25) is 0 Å². The van der Waals surface area contributed by atoms with E-state index in [1.165, 1.54) is 36.4 Å². The maximum atomic E-state index is 13.5. The van der Waals surface area contributed by atoms with E-state index in [2.05, 4.69) is 36.2 Å². The van der Waals surface area contributed by atoms with Gasteiger partial charge in [-0.25, -0.2) is 4.39 Å². The van der Waals surface area contributed by atoms with Gasteiger partial charge in [0.1, 0.15) is 0 Å². The molecule has 132 valence electrons. The summed E-state index contributed by atoms with van der Waals surface area (Å²) in [4.78, 5) is 16.7. The minimum absolute atomic E-state index is 0.0861. The Morgan fingerprint density at radius 3 is 2.72 bits per heavy atom. The van der Waals surface area contributed by atoms with Crippen molar-refractivity contribution in [1.29, 1.82) is 0 Å². The predicted molar refractivity (Wildman–Crippen MR) is 95.3 cm³/mol. The van der Waals surface area contributed by atoms with Crippen LogP contribution >= 0.6 is 0 Å². The second-order valence-electron chi connectivity index (χ2n) is 6.58. The highest BCUT2D eigenvalue weighted by atomic mass is 19.1. The first kappa shape index (κ1) is 17.4. The van der Waals surface area contributed by atoms with Crippen molar-refractivity contribution in [3.63, 3.8) is 0 Å². The van der Waals surface area contributed by atoms with E-state index in [0.29, 0.717) is 12.1 Å². The summed E-state index contributed by atoms with van der Waals surface area (Å²) in [6, 6.07) is 12.9. The molecule has 0 N–H and O–H groups in total. The van der Waals surface area contributed by atoms with E-state index in [4.69, 9.17) is 4.74 Å². The highest BCUT2D eigenvalue weighted by Crippen LogP contribution is 2.23. The van der Waals surface area contributed by atoms with Crippen LogP contribution in [0.5, 0.6) is 5.75 Å². The molecule has 3 rings (SSSR count). The topological polar surface area (TPSA) is 32.8 Å². The van der Waals surface area contributed by atoms with Crippen molar-refractivity contribution in [2.75, 3.05) is 27.7 Å². The minimum atomic E-state index is -0.467. The number of rotatable bonds is 4. The number of hydrogen-bond donors (Lipinski definition) is 0. The van der Waals surface area contributed by atoms with Crippen molar-refractivity contribution in [3.05, 3.63) is 65.0 Å². The van der Waals surface area contributed by atoms with Crippen LogP contribution in [0, 0.1) is 5.82 Å². The summed E-state index contributed by atoms with van der Waals surface area (Å²) in [6.07, 6.45) is 0.914. The zero-order valence-electron chi connectivity index (χ0n) is 14.8. The monoisotopic (exact) mass is 342 g/mol. The molecule has 0 unspecified atom stereocenters. The van der Waals surface area contributed by atoms with Crippen LogP contribution in [-0.2, 0) is 13.0 Å². The Labute approximate surface area is 147 Å². The van der Waals surface area contributed by atoms with Gasteiger partial charge in [-0.3, -0.25) is 9.69 Å². The normalized spacial score (nSPS) is 17.0. The van der Waals surface area contributed by atoms with Gasteiger partial charge >= 0.3 is 0 Å². The average Bonchev–Trinajstić information content (AvgIpc) is 2.62. The lowest BCUT2D eigenvalue weighted by Gasteiger charge is -2.36. The largest absolute Gasteiger partial charge is 0.494 e. The highest BCUT2D eigenvalue weighted by molar-refractivity contribution is 5.94. The maximum absolute atomic E-state index is 13.5. The summed E-state index contributed by atoms with van der Waals surface area (Å²) >= 11 is 0. The summed E-state index contributed by atoms with van der Waals surface area (Å²) < 4.78 is 18.5. The van der Waals surface area contributed by atoms with E-state index in [9.17, 15) is 9.18 Å². The Kier molecular flexibility index (Phi) is 5.04. The molecule has 0 saturated heterocycles. The number of fused-ring (bicyclic) bond motifs is 1. The van der Waals surface area contributed by atoms with Crippen molar-refractivity contribution in [2.24, 2.45) is 0 Å². The molecule has 5 heteroatoms. The number of benzene rings is 2. The third kappa shape index (κ3) is 3.66. The first-order chi connectivity index (χ1) is 12.0. The Hall–Kier alpha value is -2.40. The van der Waals surface area contributed by atoms with Crippen LogP contribution in [0.4, 0.5) is 4.39 Å². The first-order valence-electron chi connectivity index (χ1n) is 8.35. The smallest absolute Gasteiger partial charge is 0.253 e. The van der Waals surface area contributed by atoms with Crippen molar-refractivity contribution < 1.29 is 13.9 Å². The molecule has 0 aromatic heterocycles. The molecule has 1 amide bonds. The number of amides is 1. The molecule has 25 heavy (non-hydrogen) atoms. The second-order valence-corrected chi connectivity index (χ2v) is 6.58. The minimum Gasteiger partial charge on any atom is -0.494 e. The van der Waals surface area contributed by atoms with Crippen LogP contribution in [0.3, 0.4) is 0 Å². The molecule has 0 spiro atoms. The number of halogens is 1. The number of likely N-dealkylation sites (N-methyl/N-ethyl adjacent to an activating group) is 2. The van der Waals surface area contributed by atoms with Gasteiger partial charge in [0.15, 0.2) is 11.6 Å². The third-order valence-corrected chi connectivity index (χ3v) is 4.85. The Morgan fingerprint density at radius 2 is 2.00 bits per heavy atom. The Morgan fingerprint density at radius 1 is 1.28 bits per heavy atom. The lowest BCUT2D eigenvalue weighted by Crippen LogP contribution is -2.46. The fraction of sp³-hybridized carbons (Fsp3) is 0.350. The number of nitrogens with zero attached hydrogens (tertiary/aromatic N) is 2. The van der Waals surface area contributed by atoms with Gasteiger partial charge in [0, 0.05) is 31.7 Å². The number of methoxy groups -OCH3 is 1. The molecule has 1 aliphatic heterocycles. The van der Waals surface area contributed by atoms with E-state index >= 15 is 0 Å². The van der Waals surface area contributed by atoms with Gasteiger partial charge in [-0.05, 0) is 42.8 Å². The second kappa shape index (κ2) is 7.23. The number of hydrogen-bond acceptors (Lipinski definition) is 3. The fourth-order valence-electron chi connectivity index (χ4n) is 3.33. The van der Waals surface area contributed by atoms with Gasteiger partial charge in [-0.2, -0.15) is 0 Å². The molecule has 0 fully saturated rings. The first-order valence-corrected chi connectivity index (χ1v) is 8.35. The number of carbonyl (C=O) groups is 1. The van der Waals surface area contributed by atoms with Gasteiger partial charge in [0.05, 0.1) is 7.11 Å². The molecule has 0 bridgehead atoms. The molecule has 1 heterocycles. The molecule has 0 radical (unpaired) electrons. The summed E-state index contributed by atoms with van der Waals surface area (Å²) in [5.74, 6) is -0.515. The molecular weight excluding hydrogens is 319 g/mol. The molecule has 1 atom stereocenters. The Balaban J connectivity index is 1.71. The van der Waals surface area contributed by atoms with Crippen LogP contribution in [0.25, 0.3) is 0 Å². The van der Waals surface area contributed by atoms with Gasteiger partial charge in [-0.1, -0.05) is 24.3 Å². The van der Waals surface area contributed by atoms with Crippen LogP contribution in [-0.4, -0.2) is 49.5 Å². The van der Waals surface area contributed by atoms with E-state index in [1.54, 1.807) is 11.9 Å². The van der Waals surface area contributed by atoms with Gasteiger partial charge in [0.2, 0.25) is 0 Å². The van der Waals surface area contributed by atoms with Crippen LogP contribution in [0.1, 0.15) is 21.5 Å². The molecular formula is C20H23FN2O2. The molecule has 2 aromatic rings. The molecule has 2 aromatic carbocycles. The lowest BCUT2D eigenvalue weighted by atomic mass is 9.94. The van der Waals surface area contributed by atoms with Crippen molar-refractivity contribution in [1.82, 2.24) is 9.80 Å². The quantitative estimate of drug-likeness (QED) is 0.856. The lowest BCUT2D eigenvalue weighted by molar-refractivity contribution is 0.0733. The van der Waals surface area contributed by atoms with E-state index in [0.717, 1.165) is 13.0 Å². The summed E-state index contributed by atoms with van der Waals surface area (Å²) in [5, 5.41) is 0. The maximum Gasteiger partial charge on any atom is 0.253 e. The zero-order chi connectivity index (χ0) is 18.0. The van der Waals surface area contributed by atoms with E-state index in [1.807, 2.05) is 0 Å². The molecule has 4 nitrogen and oxygen atoms in total. The van der Waals surface area contributed by atoms with Gasteiger partial charge < -0.3 is 9.64 Å². The molecule has 0 aliphatic carbocycles. The fourth-order valence-corrected chi connectivity index (χ4v) is 3.33. The number of ether oxygens (including phenoxy) is 1.